The van der Waals surface area contributed by atoms with Crippen molar-refractivity contribution >= 4 is 21.4 Å². The third-order valence-corrected chi connectivity index (χ3v) is 5.09. The van der Waals surface area contributed by atoms with E-state index in [1.54, 1.807) is 12.1 Å². The minimum atomic E-state index is -3.36. The van der Waals surface area contributed by atoms with Gasteiger partial charge in [0.2, 0.25) is 10.0 Å². The zero-order chi connectivity index (χ0) is 12.2. The molecule has 4 nitrogen and oxygen atoms in total. The summed E-state index contributed by atoms with van der Waals surface area (Å²) in [5.74, 6) is 0. The molecule has 0 aliphatic heterocycles. The predicted molar refractivity (Wildman–Crippen MR) is 67.1 cm³/mol. The van der Waals surface area contributed by atoms with Crippen LogP contribution in [-0.4, -0.2) is 21.0 Å². The smallest absolute Gasteiger partial charge is 0.250 e. The lowest BCUT2D eigenvalue weighted by Gasteiger charge is -2.10. The first-order valence-corrected chi connectivity index (χ1v) is 7.57. The molecular weight excluding hydrogens is 244 g/mol. The van der Waals surface area contributed by atoms with E-state index in [-0.39, 0.29) is 6.04 Å². The van der Waals surface area contributed by atoms with Crippen LogP contribution in [0.5, 0.6) is 0 Å². The van der Waals surface area contributed by atoms with Crippen molar-refractivity contribution in [1.29, 1.82) is 0 Å². The Morgan fingerprint density at radius 1 is 1.50 bits per heavy atom. The highest BCUT2D eigenvalue weighted by atomic mass is 32.2. The van der Waals surface area contributed by atoms with E-state index < -0.39 is 10.0 Å². The van der Waals surface area contributed by atoms with E-state index in [9.17, 15) is 8.42 Å². The summed E-state index contributed by atoms with van der Waals surface area (Å²) in [5, 5.41) is 0. The lowest BCUT2D eigenvalue weighted by molar-refractivity contribution is 0.554. The van der Waals surface area contributed by atoms with Gasteiger partial charge in [0.1, 0.15) is 4.21 Å². The first kappa shape index (κ1) is 13.6. The van der Waals surface area contributed by atoms with Crippen molar-refractivity contribution in [3.05, 3.63) is 17.0 Å². The van der Waals surface area contributed by atoms with Gasteiger partial charge in [-0.2, -0.15) is 0 Å². The molecule has 0 saturated carbocycles. The summed E-state index contributed by atoms with van der Waals surface area (Å²) in [7, 11) is -3.36. The number of thiophene rings is 1. The minimum Gasteiger partial charge on any atom is -0.327 e. The number of sulfonamides is 1. The van der Waals surface area contributed by atoms with Gasteiger partial charge in [-0.3, -0.25) is 0 Å². The highest BCUT2D eigenvalue weighted by Gasteiger charge is 2.16. The Kier molecular flexibility index (Phi) is 4.91. The molecule has 1 atom stereocenters. The lowest BCUT2D eigenvalue weighted by atomic mass is 10.2. The fourth-order valence-electron chi connectivity index (χ4n) is 1.32. The highest BCUT2D eigenvalue weighted by molar-refractivity contribution is 7.91. The maximum Gasteiger partial charge on any atom is 0.250 e. The van der Waals surface area contributed by atoms with Crippen LogP contribution in [0, 0.1) is 6.92 Å². The molecule has 0 bridgehead atoms. The molecule has 1 rings (SSSR count). The Bertz CT molecular complexity index is 426. The fraction of sp³-hybridized carbons (Fsp3) is 0.600. The van der Waals surface area contributed by atoms with E-state index in [1.807, 2.05) is 13.8 Å². The second kappa shape index (κ2) is 5.77. The number of rotatable bonds is 6. The first-order chi connectivity index (χ1) is 7.45. The summed E-state index contributed by atoms with van der Waals surface area (Å²) < 4.78 is 26.5. The molecule has 6 heteroatoms. The normalized spacial score (nSPS) is 13.9. The van der Waals surface area contributed by atoms with Crippen molar-refractivity contribution in [1.82, 2.24) is 4.72 Å². The van der Waals surface area contributed by atoms with Crippen molar-refractivity contribution in [2.75, 3.05) is 6.54 Å². The van der Waals surface area contributed by atoms with E-state index in [0.717, 1.165) is 17.7 Å². The number of aryl methyl sites for hydroxylation is 1. The van der Waals surface area contributed by atoms with Crippen molar-refractivity contribution in [3.8, 4) is 0 Å². The molecular formula is C10H18N2O2S2. The molecule has 0 spiro atoms. The minimum absolute atomic E-state index is 0.110. The van der Waals surface area contributed by atoms with E-state index in [1.165, 1.54) is 11.3 Å². The van der Waals surface area contributed by atoms with Crippen LogP contribution in [-0.2, 0) is 10.0 Å². The van der Waals surface area contributed by atoms with Crippen LogP contribution in [0.2, 0.25) is 0 Å². The second-order valence-electron chi connectivity index (χ2n) is 3.77. The summed E-state index contributed by atoms with van der Waals surface area (Å²) in [6, 6.07) is 3.31. The molecule has 16 heavy (non-hydrogen) atoms. The van der Waals surface area contributed by atoms with Gasteiger partial charge >= 0.3 is 0 Å². The average molecular weight is 262 g/mol. The van der Waals surface area contributed by atoms with Gasteiger partial charge in [0.05, 0.1) is 0 Å². The van der Waals surface area contributed by atoms with Crippen molar-refractivity contribution in [3.63, 3.8) is 0 Å². The first-order valence-electron chi connectivity index (χ1n) is 5.27. The second-order valence-corrected chi connectivity index (χ2v) is 7.05. The van der Waals surface area contributed by atoms with Crippen molar-refractivity contribution < 1.29 is 8.42 Å². The molecule has 1 heterocycles. The summed E-state index contributed by atoms with van der Waals surface area (Å²) >= 11 is 1.27. The van der Waals surface area contributed by atoms with E-state index >= 15 is 0 Å². The van der Waals surface area contributed by atoms with Gasteiger partial charge < -0.3 is 5.73 Å². The summed E-state index contributed by atoms with van der Waals surface area (Å²) in [5.41, 5.74) is 5.75. The van der Waals surface area contributed by atoms with Crippen LogP contribution in [0.4, 0.5) is 0 Å². The van der Waals surface area contributed by atoms with Crippen LogP contribution in [0.1, 0.15) is 24.6 Å². The summed E-state index contributed by atoms with van der Waals surface area (Å²) in [6.45, 7) is 4.20. The number of hydrogen-bond acceptors (Lipinski definition) is 4. The molecule has 0 amide bonds. The zero-order valence-electron chi connectivity index (χ0n) is 9.56. The molecule has 0 aliphatic carbocycles. The Balaban J connectivity index is 2.59. The third-order valence-electron chi connectivity index (χ3n) is 2.18. The quantitative estimate of drug-likeness (QED) is 0.815. The molecule has 92 valence electrons. The standard InChI is InChI=1S/C10H18N2O2S2/c1-3-4-9(11)7-12-16(13,14)10-6-5-8(2)15-10/h5-6,9,12H,3-4,7,11H2,1-2H3/t9-/m1/s1. The average Bonchev–Trinajstić information content (AvgIpc) is 2.63. The van der Waals surface area contributed by atoms with Gasteiger partial charge in [-0.05, 0) is 25.5 Å². The zero-order valence-corrected chi connectivity index (χ0v) is 11.2. The Labute approximate surface area is 101 Å². The van der Waals surface area contributed by atoms with Crippen LogP contribution in [0.15, 0.2) is 16.3 Å². The maximum absolute atomic E-state index is 11.8. The van der Waals surface area contributed by atoms with Crippen LogP contribution < -0.4 is 10.5 Å². The van der Waals surface area contributed by atoms with Crippen molar-refractivity contribution in [2.24, 2.45) is 5.73 Å². The lowest BCUT2D eigenvalue weighted by Crippen LogP contribution is -2.36. The van der Waals surface area contributed by atoms with Gasteiger partial charge in [0.25, 0.3) is 0 Å². The molecule has 1 aromatic heterocycles. The summed E-state index contributed by atoms with van der Waals surface area (Å²) in [4.78, 5) is 0.984. The van der Waals surface area contributed by atoms with Crippen LogP contribution in [0.25, 0.3) is 0 Å². The highest BCUT2D eigenvalue weighted by Crippen LogP contribution is 2.20. The monoisotopic (exact) mass is 262 g/mol. The van der Waals surface area contributed by atoms with Crippen LogP contribution in [0.3, 0.4) is 0 Å². The van der Waals surface area contributed by atoms with Gasteiger partial charge in [-0.15, -0.1) is 11.3 Å². The molecule has 0 fully saturated rings. The SMILES string of the molecule is CCC[C@@H](N)CNS(=O)(=O)c1ccc(C)s1. The predicted octanol–water partition coefficient (Wildman–Crippen LogP) is 1.46. The van der Waals surface area contributed by atoms with Gasteiger partial charge in [-0.25, -0.2) is 13.1 Å². The Morgan fingerprint density at radius 3 is 2.69 bits per heavy atom. The van der Waals surface area contributed by atoms with Crippen LogP contribution >= 0.6 is 11.3 Å². The largest absolute Gasteiger partial charge is 0.327 e. The van der Waals surface area contributed by atoms with Gasteiger partial charge in [0, 0.05) is 17.5 Å². The maximum atomic E-state index is 11.8. The molecule has 0 aliphatic rings. The fourth-order valence-corrected chi connectivity index (χ4v) is 3.74. The number of nitrogens with two attached hydrogens (primary N) is 1. The van der Waals surface area contributed by atoms with E-state index in [0.29, 0.717) is 10.8 Å². The summed E-state index contributed by atoms with van der Waals surface area (Å²) in [6.07, 6.45) is 1.78. The van der Waals surface area contributed by atoms with E-state index in [4.69, 9.17) is 5.73 Å². The Hall–Kier alpha value is -0.430. The molecule has 0 saturated heterocycles. The molecule has 1 aromatic rings. The molecule has 0 unspecified atom stereocenters. The number of hydrogen-bond donors (Lipinski definition) is 2. The number of nitrogens with one attached hydrogen (secondary N) is 1. The van der Waals surface area contributed by atoms with E-state index in [2.05, 4.69) is 4.72 Å². The Morgan fingerprint density at radius 2 is 2.19 bits per heavy atom. The van der Waals surface area contributed by atoms with Crippen molar-refractivity contribution in [2.45, 2.75) is 36.9 Å². The van der Waals surface area contributed by atoms with Gasteiger partial charge in [-0.1, -0.05) is 13.3 Å². The molecule has 0 radical (unpaired) electrons. The third kappa shape index (κ3) is 3.86. The molecule has 3 N–H and O–H groups in total. The molecule has 0 aromatic carbocycles. The van der Waals surface area contributed by atoms with Gasteiger partial charge in [0.15, 0.2) is 0 Å². The topological polar surface area (TPSA) is 72.2 Å².